The van der Waals surface area contributed by atoms with Gasteiger partial charge in [-0.05, 0) is 118 Å². The van der Waals surface area contributed by atoms with Crippen LogP contribution in [0.5, 0.6) is 0 Å². The van der Waals surface area contributed by atoms with Gasteiger partial charge in [0.25, 0.3) is 5.91 Å². The zero-order valence-electron chi connectivity index (χ0n) is 18.9. The molecule has 0 aliphatic heterocycles. The summed E-state index contributed by atoms with van der Waals surface area (Å²) in [6.45, 7) is 5.20. The number of carbonyl (C=O) groups is 1. The van der Waals surface area contributed by atoms with Crippen molar-refractivity contribution in [3.05, 3.63) is 29.8 Å². The Hall–Kier alpha value is -1.49. The number of nitrogens with one attached hydrogen (secondary N) is 1. The minimum Gasteiger partial charge on any atom is -0.390 e. The maximum absolute atomic E-state index is 13.1. The monoisotopic (exact) mass is 428 g/mol. The van der Waals surface area contributed by atoms with E-state index in [-0.39, 0.29) is 11.6 Å². The van der Waals surface area contributed by atoms with Gasteiger partial charge in [0.1, 0.15) is 11.5 Å². The molecule has 4 fully saturated rings. The highest BCUT2D eigenvalue weighted by atomic mass is 19.1. The normalized spacial score (nSPS) is 44.1. The lowest BCUT2D eigenvalue weighted by molar-refractivity contribution is -0.0993. The molecule has 4 aliphatic rings. The van der Waals surface area contributed by atoms with Gasteiger partial charge in [-0.15, -0.1) is 0 Å². The molecular formula is C26H37FN2O2. The van der Waals surface area contributed by atoms with Crippen molar-refractivity contribution in [1.29, 1.82) is 0 Å². The standard InChI is InChI=1S/C26H37FN2O2/c1-25(31)11-9-19-16(13-25)3-6-21-20(19)10-12-26(2)17(4-7-22(21)26)14-29-24(30)23-8-5-18(27)15-28-23/h5,8,15-17,19-22,31H,3-4,6-7,9-14H2,1-2H3,(H,29,30)/t16-,17-,19+,20-,21-,22+,25-,26-/m1/s1. The van der Waals surface area contributed by atoms with E-state index in [1.54, 1.807) is 0 Å². The number of fused-ring (bicyclic) bond motifs is 5. The molecule has 0 unspecified atom stereocenters. The molecule has 8 atom stereocenters. The fourth-order valence-electron chi connectivity index (χ4n) is 8.34. The zero-order chi connectivity index (χ0) is 21.8. The van der Waals surface area contributed by atoms with Crippen molar-refractivity contribution in [2.45, 2.75) is 77.2 Å². The number of hydrogen-bond donors (Lipinski definition) is 2. The number of pyridine rings is 1. The van der Waals surface area contributed by atoms with E-state index in [1.165, 1.54) is 57.1 Å². The van der Waals surface area contributed by atoms with Gasteiger partial charge in [0, 0.05) is 6.54 Å². The number of aliphatic hydroxyl groups is 1. The Morgan fingerprint density at radius 2 is 1.90 bits per heavy atom. The first-order valence-corrected chi connectivity index (χ1v) is 12.4. The van der Waals surface area contributed by atoms with Crippen LogP contribution in [0.4, 0.5) is 4.39 Å². The Balaban J connectivity index is 1.24. The Morgan fingerprint density at radius 3 is 2.68 bits per heavy atom. The summed E-state index contributed by atoms with van der Waals surface area (Å²) in [5.41, 5.74) is 0.140. The van der Waals surface area contributed by atoms with E-state index in [0.717, 1.165) is 42.7 Å². The molecule has 0 saturated heterocycles. The highest BCUT2D eigenvalue weighted by Crippen LogP contribution is 2.64. The second-order valence-corrected chi connectivity index (χ2v) is 11.6. The van der Waals surface area contributed by atoms with Crippen LogP contribution >= 0.6 is 0 Å². The van der Waals surface area contributed by atoms with Crippen LogP contribution in [0, 0.1) is 46.7 Å². The van der Waals surface area contributed by atoms with Crippen molar-refractivity contribution in [3.63, 3.8) is 0 Å². The largest absolute Gasteiger partial charge is 0.390 e. The van der Waals surface area contributed by atoms with Crippen LogP contribution < -0.4 is 5.32 Å². The van der Waals surface area contributed by atoms with Crippen LogP contribution in [0.15, 0.2) is 18.3 Å². The van der Waals surface area contributed by atoms with Gasteiger partial charge < -0.3 is 10.4 Å². The van der Waals surface area contributed by atoms with Crippen LogP contribution in [0.3, 0.4) is 0 Å². The minimum atomic E-state index is -0.451. The molecule has 4 saturated carbocycles. The number of aromatic nitrogens is 1. The van der Waals surface area contributed by atoms with Gasteiger partial charge in [-0.25, -0.2) is 9.37 Å². The van der Waals surface area contributed by atoms with Crippen molar-refractivity contribution in [1.82, 2.24) is 10.3 Å². The molecule has 0 spiro atoms. The second-order valence-electron chi connectivity index (χ2n) is 11.6. The zero-order valence-corrected chi connectivity index (χ0v) is 18.9. The van der Waals surface area contributed by atoms with E-state index in [9.17, 15) is 14.3 Å². The lowest BCUT2D eigenvalue weighted by Gasteiger charge is -2.57. The second kappa shape index (κ2) is 7.83. The smallest absolute Gasteiger partial charge is 0.269 e. The lowest BCUT2D eigenvalue weighted by Crippen LogP contribution is -2.51. The molecule has 31 heavy (non-hydrogen) atoms. The third kappa shape index (κ3) is 3.81. The molecular weight excluding hydrogens is 391 g/mol. The van der Waals surface area contributed by atoms with Gasteiger partial charge in [-0.2, -0.15) is 0 Å². The first-order chi connectivity index (χ1) is 14.8. The average molecular weight is 429 g/mol. The van der Waals surface area contributed by atoms with Crippen LogP contribution in [0.1, 0.15) is 82.1 Å². The molecule has 1 aromatic rings. The summed E-state index contributed by atoms with van der Waals surface area (Å²) in [6.07, 6.45) is 11.9. The fourth-order valence-corrected chi connectivity index (χ4v) is 8.34. The van der Waals surface area contributed by atoms with Gasteiger partial charge in [0.05, 0.1) is 11.8 Å². The molecule has 2 N–H and O–H groups in total. The van der Waals surface area contributed by atoms with Crippen molar-refractivity contribution in [2.24, 2.45) is 40.9 Å². The summed E-state index contributed by atoms with van der Waals surface area (Å²) in [5, 5.41) is 13.7. The Labute approximate surface area is 185 Å². The minimum absolute atomic E-state index is 0.199. The van der Waals surface area contributed by atoms with E-state index >= 15 is 0 Å². The van der Waals surface area contributed by atoms with Gasteiger partial charge in [0.2, 0.25) is 0 Å². The molecule has 5 heteroatoms. The number of carbonyl (C=O) groups excluding carboxylic acids is 1. The highest BCUT2D eigenvalue weighted by molar-refractivity contribution is 5.92. The summed E-state index contributed by atoms with van der Waals surface area (Å²) in [4.78, 5) is 16.4. The molecule has 170 valence electrons. The molecule has 0 bridgehead atoms. The van der Waals surface area contributed by atoms with Gasteiger partial charge in [0.15, 0.2) is 0 Å². The molecule has 0 aromatic carbocycles. The van der Waals surface area contributed by atoms with Gasteiger partial charge >= 0.3 is 0 Å². The number of rotatable bonds is 3. The predicted octanol–water partition coefficient (Wildman–Crippen LogP) is 4.97. The van der Waals surface area contributed by atoms with Crippen molar-refractivity contribution in [2.75, 3.05) is 6.54 Å². The van der Waals surface area contributed by atoms with Crippen molar-refractivity contribution in [3.8, 4) is 0 Å². The van der Waals surface area contributed by atoms with Crippen LogP contribution in [-0.4, -0.2) is 28.1 Å². The molecule has 0 radical (unpaired) electrons. The van der Waals surface area contributed by atoms with E-state index < -0.39 is 11.4 Å². The van der Waals surface area contributed by atoms with Crippen LogP contribution in [-0.2, 0) is 0 Å². The quantitative estimate of drug-likeness (QED) is 0.714. The molecule has 4 aliphatic carbocycles. The van der Waals surface area contributed by atoms with E-state index in [0.29, 0.717) is 23.8 Å². The van der Waals surface area contributed by atoms with Crippen molar-refractivity contribution >= 4 is 5.91 Å². The topological polar surface area (TPSA) is 62.2 Å². The Morgan fingerprint density at radius 1 is 1.10 bits per heavy atom. The summed E-state index contributed by atoms with van der Waals surface area (Å²) >= 11 is 0. The number of halogens is 1. The third-order valence-electron chi connectivity index (χ3n) is 9.90. The number of amides is 1. The highest BCUT2D eigenvalue weighted by Gasteiger charge is 2.57. The first kappa shape index (κ1) is 21.4. The van der Waals surface area contributed by atoms with Crippen LogP contribution in [0.25, 0.3) is 0 Å². The Bertz CT molecular complexity index is 825. The number of nitrogens with zero attached hydrogens (tertiary/aromatic N) is 1. The first-order valence-electron chi connectivity index (χ1n) is 12.4. The molecule has 5 rings (SSSR count). The Kier molecular flexibility index (Phi) is 5.39. The summed E-state index contributed by atoms with van der Waals surface area (Å²) < 4.78 is 13.1. The average Bonchev–Trinajstić information content (AvgIpc) is 3.07. The summed E-state index contributed by atoms with van der Waals surface area (Å²) in [5.74, 6) is 3.84. The fraction of sp³-hybridized carbons (Fsp3) is 0.769. The van der Waals surface area contributed by atoms with E-state index in [2.05, 4.69) is 17.2 Å². The third-order valence-corrected chi connectivity index (χ3v) is 9.90. The summed E-state index contributed by atoms with van der Waals surface area (Å²) in [7, 11) is 0. The SMILES string of the molecule is C[C@@]1(O)CC[C@H]2[C@H](CC[C@@H]3[C@@H]2CC[C@]2(C)[C@@H](CNC(=O)c4ccc(F)cn4)CC[C@@H]32)C1. The maximum Gasteiger partial charge on any atom is 0.269 e. The molecule has 1 heterocycles. The van der Waals surface area contributed by atoms with Gasteiger partial charge in [-0.1, -0.05) is 6.92 Å². The lowest BCUT2D eigenvalue weighted by atomic mass is 9.49. The maximum atomic E-state index is 13.1. The molecule has 1 aromatic heterocycles. The molecule has 4 nitrogen and oxygen atoms in total. The predicted molar refractivity (Wildman–Crippen MR) is 118 cm³/mol. The molecule has 1 amide bonds. The summed E-state index contributed by atoms with van der Waals surface area (Å²) in [6, 6.07) is 2.74. The number of hydrogen-bond acceptors (Lipinski definition) is 3. The van der Waals surface area contributed by atoms with Crippen molar-refractivity contribution < 1.29 is 14.3 Å². The van der Waals surface area contributed by atoms with Crippen LogP contribution in [0.2, 0.25) is 0 Å². The van der Waals surface area contributed by atoms with E-state index in [4.69, 9.17) is 0 Å². The van der Waals surface area contributed by atoms with E-state index in [1.807, 2.05) is 6.92 Å². The van der Waals surface area contributed by atoms with Gasteiger partial charge in [-0.3, -0.25) is 4.79 Å².